The van der Waals surface area contributed by atoms with E-state index in [1.54, 1.807) is 26.0 Å². The average molecular weight is 524 g/mol. The number of benzene rings is 1. The Morgan fingerprint density at radius 1 is 1.08 bits per heavy atom. The molecule has 3 aromatic heterocycles. The fraction of sp³-hybridized carbons (Fsp3) is 0.280. The van der Waals surface area contributed by atoms with E-state index in [1.807, 2.05) is 41.1 Å². The van der Waals surface area contributed by atoms with E-state index < -0.39 is 0 Å². The van der Waals surface area contributed by atoms with Crippen molar-refractivity contribution >= 4 is 34.6 Å². The number of aryl methyl sites for hydroxylation is 1. The average Bonchev–Trinajstić information content (AvgIpc) is 3.58. The maximum Gasteiger partial charge on any atom is 0.174 e. The number of hydrogen-bond acceptors (Lipinski definition) is 6. The molecule has 1 saturated heterocycles. The van der Waals surface area contributed by atoms with Crippen molar-refractivity contribution in [2.24, 2.45) is 0 Å². The topological polar surface area (TPSA) is 82.3 Å². The number of rotatable bonds is 8. The maximum atomic E-state index is 6.62. The predicted molar refractivity (Wildman–Crippen MR) is 141 cm³/mol. The van der Waals surface area contributed by atoms with Gasteiger partial charge in [0.1, 0.15) is 25.0 Å². The molecule has 1 aromatic carbocycles. The number of methoxy groups -OCH3 is 1. The number of ether oxygens (including phenoxy) is 2. The van der Waals surface area contributed by atoms with E-state index in [-0.39, 0.29) is 12.1 Å². The summed E-state index contributed by atoms with van der Waals surface area (Å²) >= 11 is 12.5. The second-order valence-corrected chi connectivity index (χ2v) is 9.23. The molecular formula is C25H26ClN7O2S. The Balaban J connectivity index is 1.59. The maximum absolute atomic E-state index is 6.62. The SMILES string of the molecule is COCCOc1ccc(N2C(=S)N[C@@H](c3ccccn3)[C@@H]2c2cc(C)n(-n3cnnc3)c2C)cc1Cl. The van der Waals surface area contributed by atoms with Gasteiger partial charge in [0.2, 0.25) is 0 Å². The Morgan fingerprint density at radius 2 is 1.89 bits per heavy atom. The van der Waals surface area contributed by atoms with Gasteiger partial charge in [-0.2, -0.15) is 0 Å². The molecule has 2 atom stereocenters. The molecule has 0 spiro atoms. The Labute approximate surface area is 219 Å². The van der Waals surface area contributed by atoms with E-state index in [0.29, 0.717) is 29.1 Å². The van der Waals surface area contributed by atoms with E-state index in [1.165, 1.54) is 0 Å². The van der Waals surface area contributed by atoms with Crippen LogP contribution in [0.25, 0.3) is 0 Å². The number of thiocarbonyl (C=S) groups is 1. The number of anilines is 1. The fourth-order valence-electron chi connectivity index (χ4n) is 4.67. The third kappa shape index (κ3) is 4.43. The molecule has 11 heteroatoms. The zero-order valence-electron chi connectivity index (χ0n) is 20.1. The summed E-state index contributed by atoms with van der Waals surface area (Å²) in [5.74, 6) is 0.596. The van der Waals surface area contributed by atoms with Gasteiger partial charge in [-0.05, 0) is 62.5 Å². The lowest BCUT2D eigenvalue weighted by Gasteiger charge is -2.28. The lowest BCUT2D eigenvalue weighted by atomic mass is 9.96. The summed E-state index contributed by atoms with van der Waals surface area (Å²) in [5.41, 5.74) is 4.93. The first-order valence-electron chi connectivity index (χ1n) is 11.5. The zero-order valence-corrected chi connectivity index (χ0v) is 21.7. The van der Waals surface area contributed by atoms with Crippen LogP contribution in [0.15, 0.2) is 61.3 Å². The van der Waals surface area contributed by atoms with E-state index in [4.69, 9.17) is 33.3 Å². The summed E-state index contributed by atoms with van der Waals surface area (Å²) in [7, 11) is 1.63. The largest absolute Gasteiger partial charge is 0.490 e. The van der Waals surface area contributed by atoms with Crippen molar-refractivity contribution in [2.75, 3.05) is 25.2 Å². The molecule has 0 radical (unpaired) electrons. The van der Waals surface area contributed by atoms with Crippen LogP contribution in [-0.4, -0.2) is 50.0 Å². The van der Waals surface area contributed by atoms with Crippen LogP contribution in [0, 0.1) is 13.8 Å². The van der Waals surface area contributed by atoms with Crippen LogP contribution >= 0.6 is 23.8 Å². The van der Waals surface area contributed by atoms with Gasteiger partial charge in [0.15, 0.2) is 5.11 Å². The molecule has 186 valence electrons. The van der Waals surface area contributed by atoms with Crippen molar-refractivity contribution in [1.82, 2.24) is 29.9 Å². The molecule has 0 saturated carbocycles. The number of halogens is 1. The summed E-state index contributed by atoms with van der Waals surface area (Å²) in [4.78, 5) is 6.74. The van der Waals surface area contributed by atoms with Crippen LogP contribution in [0.3, 0.4) is 0 Å². The minimum absolute atomic E-state index is 0.176. The molecule has 1 N–H and O–H groups in total. The van der Waals surface area contributed by atoms with Crippen molar-refractivity contribution in [1.29, 1.82) is 0 Å². The highest BCUT2D eigenvalue weighted by molar-refractivity contribution is 7.80. The zero-order chi connectivity index (χ0) is 25.2. The summed E-state index contributed by atoms with van der Waals surface area (Å²) in [6.45, 7) is 5.03. The predicted octanol–water partition coefficient (Wildman–Crippen LogP) is 4.26. The molecule has 0 amide bonds. The van der Waals surface area contributed by atoms with E-state index in [2.05, 4.69) is 50.0 Å². The lowest BCUT2D eigenvalue weighted by molar-refractivity contribution is 0.146. The Kier molecular flexibility index (Phi) is 6.90. The van der Waals surface area contributed by atoms with Crippen molar-refractivity contribution in [3.63, 3.8) is 0 Å². The molecule has 1 aliphatic heterocycles. The van der Waals surface area contributed by atoms with Gasteiger partial charge in [0.25, 0.3) is 0 Å². The Morgan fingerprint density at radius 3 is 2.58 bits per heavy atom. The third-order valence-corrected chi connectivity index (χ3v) is 6.84. The molecule has 5 rings (SSSR count). The third-order valence-electron chi connectivity index (χ3n) is 6.23. The first kappa shape index (κ1) is 24.2. The monoisotopic (exact) mass is 523 g/mol. The molecular weight excluding hydrogens is 498 g/mol. The van der Waals surface area contributed by atoms with E-state index in [0.717, 1.165) is 28.3 Å². The smallest absolute Gasteiger partial charge is 0.174 e. The van der Waals surface area contributed by atoms with Crippen LogP contribution in [0.4, 0.5) is 5.69 Å². The molecule has 1 fully saturated rings. The summed E-state index contributed by atoms with van der Waals surface area (Å²) < 4.78 is 14.8. The molecule has 4 aromatic rings. The molecule has 1 aliphatic rings. The lowest BCUT2D eigenvalue weighted by Crippen LogP contribution is -2.29. The van der Waals surface area contributed by atoms with Crippen LogP contribution < -0.4 is 15.0 Å². The van der Waals surface area contributed by atoms with Crippen LogP contribution in [0.5, 0.6) is 5.75 Å². The summed E-state index contributed by atoms with van der Waals surface area (Å²) in [6.07, 6.45) is 5.15. The molecule has 0 aliphatic carbocycles. The van der Waals surface area contributed by atoms with Crippen LogP contribution in [0.2, 0.25) is 5.02 Å². The Hall–Kier alpha value is -3.47. The standard InChI is InChI=1S/C25H26ClN7O2S/c1-16-12-19(17(2)33(16)31-14-28-29-15-31)24-23(21-6-4-5-9-27-21)30-25(36)32(24)18-7-8-22(20(26)13-18)35-11-10-34-3/h4-9,12-15,23-24H,10-11H2,1-3H3,(H,30,36)/t23-,24-/m0/s1. The number of nitrogens with zero attached hydrogens (tertiary/aromatic N) is 6. The van der Waals surface area contributed by atoms with Crippen molar-refractivity contribution in [2.45, 2.75) is 25.9 Å². The van der Waals surface area contributed by atoms with Gasteiger partial charge in [-0.1, -0.05) is 17.7 Å². The van der Waals surface area contributed by atoms with E-state index >= 15 is 0 Å². The quantitative estimate of drug-likeness (QED) is 0.271. The highest BCUT2D eigenvalue weighted by atomic mass is 35.5. The molecule has 9 nitrogen and oxygen atoms in total. The normalized spacial score (nSPS) is 17.4. The fourth-order valence-corrected chi connectivity index (χ4v) is 5.25. The van der Waals surface area contributed by atoms with Gasteiger partial charge >= 0.3 is 0 Å². The van der Waals surface area contributed by atoms with Gasteiger partial charge in [0, 0.05) is 35.9 Å². The van der Waals surface area contributed by atoms with Crippen molar-refractivity contribution < 1.29 is 9.47 Å². The number of nitrogens with one attached hydrogen (secondary N) is 1. The molecule has 0 bridgehead atoms. The van der Waals surface area contributed by atoms with Crippen LogP contribution in [-0.2, 0) is 4.74 Å². The minimum atomic E-state index is -0.180. The first-order valence-corrected chi connectivity index (χ1v) is 12.2. The summed E-state index contributed by atoms with van der Waals surface area (Å²) in [6, 6.07) is 13.4. The number of hydrogen-bond donors (Lipinski definition) is 1. The van der Waals surface area contributed by atoms with Gasteiger partial charge in [-0.3, -0.25) is 9.66 Å². The highest BCUT2D eigenvalue weighted by Crippen LogP contribution is 2.44. The van der Waals surface area contributed by atoms with Gasteiger partial charge in [0.05, 0.1) is 29.4 Å². The second-order valence-electron chi connectivity index (χ2n) is 8.43. The second kappa shape index (κ2) is 10.3. The number of aromatic nitrogens is 5. The van der Waals surface area contributed by atoms with Gasteiger partial charge < -0.3 is 19.7 Å². The van der Waals surface area contributed by atoms with E-state index in [9.17, 15) is 0 Å². The number of pyridine rings is 1. The Bertz CT molecular complexity index is 1360. The summed E-state index contributed by atoms with van der Waals surface area (Å²) in [5, 5.41) is 12.5. The van der Waals surface area contributed by atoms with Gasteiger partial charge in [-0.15, -0.1) is 10.2 Å². The molecule has 4 heterocycles. The molecule has 36 heavy (non-hydrogen) atoms. The van der Waals surface area contributed by atoms with Crippen molar-refractivity contribution in [3.8, 4) is 5.75 Å². The van der Waals surface area contributed by atoms with Crippen molar-refractivity contribution in [3.05, 3.63) is 89.0 Å². The highest BCUT2D eigenvalue weighted by Gasteiger charge is 2.42. The minimum Gasteiger partial charge on any atom is -0.490 e. The van der Waals surface area contributed by atoms with Crippen LogP contribution in [0.1, 0.15) is 34.7 Å². The molecule has 0 unspecified atom stereocenters. The first-order chi connectivity index (χ1) is 17.5. The van der Waals surface area contributed by atoms with Gasteiger partial charge in [-0.25, -0.2) is 4.68 Å².